The van der Waals surface area contributed by atoms with E-state index in [1.54, 1.807) is 24.8 Å². The Labute approximate surface area is 221 Å². The van der Waals surface area contributed by atoms with Gasteiger partial charge in [0.15, 0.2) is 23.3 Å². The standard InChI is InChI=1S/C28H28N10/c1-35-21-7-5-13-31-25(21)37(3)27-23(35)11-9-19(33-27)17-29-15-16-30-18-20-10-12-24-28(34-20)38(4)26-22(36(24)2)8-6-14-32-26/h5-14,17-18H,15-16H2,1-4H3. The summed E-state index contributed by atoms with van der Waals surface area (Å²) in [7, 11) is 8.03. The van der Waals surface area contributed by atoms with Gasteiger partial charge in [0.1, 0.15) is 0 Å². The van der Waals surface area contributed by atoms with E-state index in [-0.39, 0.29) is 0 Å². The molecule has 0 N–H and O–H groups in total. The van der Waals surface area contributed by atoms with Crippen LogP contribution in [0.1, 0.15) is 11.4 Å². The molecular weight excluding hydrogens is 476 g/mol. The zero-order chi connectivity index (χ0) is 26.2. The molecule has 0 aliphatic carbocycles. The van der Waals surface area contributed by atoms with Crippen molar-refractivity contribution in [3.05, 3.63) is 72.3 Å². The SMILES string of the molecule is CN1c2cccnc2N(C)c2nc(C=NCCN=Cc3ccc4c(n3)N(C)c3ncccc3N4C)ccc21. The van der Waals surface area contributed by atoms with Crippen molar-refractivity contribution >= 4 is 58.5 Å². The Balaban J connectivity index is 1.10. The number of anilines is 8. The van der Waals surface area contributed by atoms with Gasteiger partial charge in [-0.2, -0.15) is 0 Å². The van der Waals surface area contributed by atoms with E-state index in [2.05, 4.69) is 54.0 Å². The van der Waals surface area contributed by atoms with E-state index in [1.165, 1.54) is 0 Å². The number of hydrogen-bond donors (Lipinski definition) is 0. The molecule has 0 saturated carbocycles. The molecule has 6 heterocycles. The molecule has 10 nitrogen and oxygen atoms in total. The molecule has 38 heavy (non-hydrogen) atoms. The van der Waals surface area contributed by atoms with Crippen molar-refractivity contribution in [2.45, 2.75) is 0 Å². The van der Waals surface area contributed by atoms with E-state index in [0.717, 1.165) is 57.4 Å². The van der Waals surface area contributed by atoms with Gasteiger partial charge in [-0.3, -0.25) is 9.98 Å². The summed E-state index contributed by atoms with van der Waals surface area (Å²) >= 11 is 0. The third-order valence-electron chi connectivity index (χ3n) is 6.81. The molecule has 0 amide bonds. The van der Waals surface area contributed by atoms with Crippen LogP contribution in [-0.4, -0.2) is 73.6 Å². The maximum atomic E-state index is 4.81. The van der Waals surface area contributed by atoms with E-state index in [4.69, 9.17) is 9.97 Å². The lowest BCUT2D eigenvalue weighted by molar-refractivity contribution is 0.977. The lowest BCUT2D eigenvalue weighted by Gasteiger charge is -2.34. The minimum atomic E-state index is 0.556. The first kappa shape index (κ1) is 23.5. The van der Waals surface area contributed by atoms with Gasteiger partial charge in [0.2, 0.25) is 0 Å². The fourth-order valence-electron chi connectivity index (χ4n) is 4.78. The molecular formula is C28H28N10. The first-order valence-corrected chi connectivity index (χ1v) is 12.4. The van der Waals surface area contributed by atoms with E-state index >= 15 is 0 Å². The Morgan fingerprint density at radius 2 is 0.974 bits per heavy atom. The number of hydrogen-bond acceptors (Lipinski definition) is 10. The first-order valence-electron chi connectivity index (χ1n) is 12.4. The molecule has 0 spiro atoms. The molecule has 0 radical (unpaired) electrons. The van der Waals surface area contributed by atoms with Gasteiger partial charge < -0.3 is 19.6 Å². The van der Waals surface area contributed by atoms with Crippen molar-refractivity contribution in [2.75, 3.05) is 60.9 Å². The second-order valence-electron chi connectivity index (χ2n) is 9.16. The number of pyridine rings is 4. The molecule has 10 heteroatoms. The third kappa shape index (κ3) is 4.00. The van der Waals surface area contributed by atoms with Crippen LogP contribution in [0.3, 0.4) is 0 Å². The van der Waals surface area contributed by atoms with Crippen LogP contribution in [0.15, 0.2) is 70.9 Å². The van der Waals surface area contributed by atoms with E-state index in [1.807, 2.05) is 62.3 Å². The number of nitrogens with zero attached hydrogens (tertiary/aromatic N) is 10. The molecule has 0 saturated heterocycles. The highest BCUT2D eigenvalue weighted by Crippen LogP contribution is 2.44. The number of aliphatic imine (C=N–C) groups is 2. The van der Waals surface area contributed by atoms with Crippen LogP contribution in [-0.2, 0) is 0 Å². The van der Waals surface area contributed by atoms with Crippen LogP contribution in [0.5, 0.6) is 0 Å². The van der Waals surface area contributed by atoms with Crippen molar-refractivity contribution in [3.8, 4) is 0 Å². The fourth-order valence-corrected chi connectivity index (χ4v) is 4.78. The summed E-state index contributed by atoms with van der Waals surface area (Å²) in [5, 5.41) is 0. The van der Waals surface area contributed by atoms with E-state index < -0.39 is 0 Å². The highest BCUT2D eigenvalue weighted by atomic mass is 15.3. The van der Waals surface area contributed by atoms with Crippen molar-refractivity contribution in [2.24, 2.45) is 9.98 Å². The van der Waals surface area contributed by atoms with E-state index in [9.17, 15) is 0 Å². The summed E-state index contributed by atoms with van der Waals surface area (Å²) in [5.41, 5.74) is 5.76. The molecule has 190 valence electrons. The van der Waals surface area contributed by atoms with Gasteiger partial charge in [0.05, 0.1) is 47.2 Å². The van der Waals surface area contributed by atoms with Crippen molar-refractivity contribution < 1.29 is 0 Å². The lowest BCUT2D eigenvalue weighted by Crippen LogP contribution is -2.26. The van der Waals surface area contributed by atoms with Crippen LogP contribution < -0.4 is 19.6 Å². The average molecular weight is 505 g/mol. The highest BCUT2D eigenvalue weighted by molar-refractivity contribution is 5.92. The third-order valence-corrected chi connectivity index (χ3v) is 6.81. The molecule has 0 fully saturated rings. The predicted molar refractivity (Wildman–Crippen MR) is 154 cm³/mol. The summed E-state index contributed by atoms with van der Waals surface area (Å²) in [4.78, 5) is 36.0. The second kappa shape index (κ2) is 9.55. The monoisotopic (exact) mass is 504 g/mol. The molecule has 4 aromatic heterocycles. The zero-order valence-electron chi connectivity index (χ0n) is 21.8. The van der Waals surface area contributed by atoms with E-state index in [0.29, 0.717) is 13.1 Å². The van der Waals surface area contributed by atoms with Crippen LogP contribution in [0.4, 0.5) is 46.0 Å². The van der Waals surface area contributed by atoms with Crippen LogP contribution >= 0.6 is 0 Å². The summed E-state index contributed by atoms with van der Waals surface area (Å²) in [6.07, 6.45) is 7.19. The smallest absolute Gasteiger partial charge is 0.158 e. The van der Waals surface area contributed by atoms with Crippen LogP contribution in [0.2, 0.25) is 0 Å². The van der Waals surface area contributed by atoms with Gasteiger partial charge in [0, 0.05) is 53.0 Å². The van der Waals surface area contributed by atoms with Gasteiger partial charge >= 0.3 is 0 Å². The Kier molecular flexibility index (Phi) is 5.91. The topological polar surface area (TPSA) is 89.2 Å². The van der Waals surface area contributed by atoms with Crippen LogP contribution in [0, 0.1) is 0 Å². The minimum absolute atomic E-state index is 0.556. The second-order valence-corrected chi connectivity index (χ2v) is 9.16. The molecule has 0 bridgehead atoms. The van der Waals surface area contributed by atoms with Gasteiger partial charge in [-0.25, -0.2) is 19.9 Å². The molecule has 0 unspecified atom stereocenters. The maximum absolute atomic E-state index is 4.81. The number of aromatic nitrogens is 4. The van der Waals surface area contributed by atoms with Gasteiger partial charge in [0.25, 0.3) is 0 Å². The Hall–Kier alpha value is -4.86. The molecule has 2 aliphatic heterocycles. The average Bonchev–Trinajstić information content (AvgIpc) is 2.96. The zero-order valence-corrected chi connectivity index (χ0v) is 21.8. The molecule has 0 aromatic carbocycles. The fraction of sp³-hybridized carbons (Fsp3) is 0.214. The largest absolute Gasteiger partial charge is 0.339 e. The quantitative estimate of drug-likeness (QED) is 0.290. The molecule has 6 rings (SSSR count). The van der Waals surface area contributed by atoms with Gasteiger partial charge in [-0.05, 0) is 48.5 Å². The maximum Gasteiger partial charge on any atom is 0.158 e. The predicted octanol–water partition coefficient (Wildman–Crippen LogP) is 4.50. The Morgan fingerprint density at radius 3 is 1.42 bits per heavy atom. The summed E-state index contributed by atoms with van der Waals surface area (Å²) in [6, 6.07) is 16.1. The number of fused-ring (bicyclic) bond motifs is 4. The Morgan fingerprint density at radius 1 is 0.553 bits per heavy atom. The van der Waals surface area contributed by atoms with Crippen LogP contribution in [0.25, 0.3) is 0 Å². The lowest BCUT2D eigenvalue weighted by atomic mass is 10.2. The normalized spacial score (nSPS) is 14.1. The number of rotatable bonds is 5. The van der Waals surface area contributed by atoms with Crippen molar-refractivity contribution in [3.63, 3.8) is 0 Å². The van der Waals surface area contributed by atoms with Crippen molar-refractivity contribution in [1.82, 2.24) is 19.9 Å². The highest BCUT2D eigenvalue weighted by Gasteiger charge is 2.27. The first-order chi connectivity index (χ1) is 18.5. The Bertz CT molecular complexity index is 1450. The molecule has 2 aliphatic rings. The minimum Gasteiger partial charge on any atom is -0.339 e. The van der Waals surface area contributed by atoms with Gasteiger partial charge in [-0.1, -0.05) is 0 Å². The van der Waals surface area contributed by atoms with Crippen molar-refractivity contribution in [1.29, 1.82) is 0 Å². The summed E-state index contributed by atoms with van der Waals surface area (Å²) < 4.78 is 0. The summed E-state index contributed by atoms with van der Waals surface area (Å²) in [5.74, 6) is 3.47. The van der Waals surface area contributed by atoms with Gasteiger partial charge in [-0.15, -0.1) is 0 Å². The molecule has 4 aromatic rings. The molecule has 0 atom stereocenters. The summed E-state index contributed by atoms with van der Waals surface area (Å²) in [6.45, 7) is 1.11.